The van der Waals surface area contributed by atoms with E-state index in [2.05, 4.69) is 5.32 Å². The van der Waals surface area contributed by atoms with E-state index in [9.17, 15) is 4.79 Å². The highest BCUT2D eigenvalue weighted by Crippen LogP contribution is 2.33. The summed E-state index contributed by atoms with van der Waals surface area (Å²) >= 11 is 0. The number of aryl methyl sites for hydroxylation is 1. The topological polar surface area (TPSA) is 50.8 Å². The molecule has 0 spiro atoms. The van der Waals surface area contributed by atoms with Crippen LogP contribution in [0.5, 0.6) is 11.5 Å². The number of carbonyl (C=O) groups is 1. The van der Waals surface area contributed by atoms with Crippen molar-refractivity contribution in [3.8, 4) is 11.5 Å². The van der Waals surface area contributed by atoms with Gasteiger partial charge in [0.2, 0.25) is 0 Å². The monoisotopic (exact) mass is 326 g/mol. The molecular weight excluding hydrogens is 304 g/mol. The number of nitrogens with one attached hydrogen (secondary N) is 1. The van der Waals surface area contributed by atoms with E-state index >= 15 is 0 Å². The Morgan fingerprint density at radius 3 is 2.23 bits per heavy atom. The van der Waals surface area contributed by atoms with Crippen molar-refractivity contribution in [2.75, 3.05) is 40.4 Å². The third-order valence-electron chi connectivity index (χ3n) is 4.64. The van der Waals surface area contributed by atoms with Gasteiger partial charge in [-0.2, -0.15) is 0 Å². The number of hydrogen-bond donors (Lipinski definition) is 1. The lowest BCUT2D eigenvalue weighted by atomic mass is 10.0. The summed E-state index contributed by atoms with van der Waals surface area (Å²) < 4.78 is 10.6. The minimum absolute atomic E-state index is 0. The lowest BCUT2D eigenvalue weighted by molar-refractivity contribution is 0.0780. The maximum atomic E-state index is 12.8. The van der Waals surface area contributed by atoms with Gasteiger partial charge in [-0.05, 0) is 36.5 Å². The molecule has 2 aliphatic rings. The number of methoxy groups -OCH3 is 2. The third kappa shape index (κ3) is 2.88. The second-order valence-electron chi connectivity index (χ2n) is 5.91. The van der Waals surface area contributed by atoms with Gasteiger partial charge in [0.25, 0.3) is 5.91 Å². The van der Waals surface area contributed by atoms with Crippen molar-refractivity contribution >= 4 is 18.3 Å². The molecule has 0 bridgehead atoms. The number of fused-ring (bicyclic) bond motifs is 1. The molecule has 2 aliphatic heterocycles. The highest BCUT2D eigenvalue weighted by molar-refractivity contribution is 5.96. The second-order valence-corrected chi connectivity index (χ2v) is 5.91. The van der Waals surface area contributed by atoms with Gasteiger partial charge < -0.3 is 19.7 Å². The molecule has 2 atom stereocenters. The van der Waals surface area contributed by atoms with E-state index in [1.165, 1.54) is 0 Å². The first kappa shape index (κ1) is 16.9. The van der Waals surface area contributed by atoms with Crippen LogP contribution in [0.4, 0.5) is 0 Å². The molecule has 0 aliphatic carbocycles. The van der Waals surface area contributed by atoms with Crippen LogP contribution in [0.3, 0.4) is 0 Å². The van der Waals surface area contributed by atoms with Crippen molar-refractivity contribution in [1.29, 1.82) is 0 Å². The Morgan fingerprint density at radius 1 is 1.14 bits per heavy atom. The average Bonchev–Trinajstić information content (AvgIpc) is 3.07. The highest BCUT2D eigenvalue weighted by atomic mass is 35.5. The zero-order valence-corrected chi connectivity index (χ0v) is 14.0. The molecule has 1 aromatic rings. The number of nitrogens with zero attached hydrogens (tertiary/aromatic N) is 1. The summed E-state index contributed by atoms with van der Waals surface area (Å²) in [6, 6.07) is 3.66. The van der Waals surface area contributed by atoms with Crippen LogP contribution in [0.1, 0.15) is 15.9 Å². The molecule has 6 heteroatoms. The predicted octanol–water partition coefficient (Wildman–Crippen LogP) is 1.73. The van der Waals surface area contributed by atoms with Crippen LogP contribution in [0.2, 0.25) is 0 Å². The summed E-state index contributed by atoms with van der Waals surface area (Å²) in [6.45, 7) is 5.70. The number of benzene rings is 1. The molecule has 2 saturated heterocycles. The SMILES string of the molecule is COc1cc(C)c(C(=O)N2C[C@H]3CNC[C@H]3C2)cc1OC.Cl. The number of rotatable bonds is 3. The number of hydrogen-bond acceptors (Lipinski definition) is 4. The molecule has 1 amide bonds. The van der Waals surface area contributed by atoms with Crippen molar-refractivity contribution < 1.29 is 14.3 Å². The molecule has 3 rings (SSSR count). The second kappa shape index (κ2) is 6.75. The quantitative estimate of drug-likeness (QED) is 0.919. The average molecular weight is 327 g/mol. The van der Waals surface area contributed by atoms with E-state index in [0.29, 0.717) is 28.9 Å². The van der Waals surface area contributed by atoms with E-state index in [-0.39, 0.29) is 18.3 Å². The van der Waals surface area contributed by atoms with Gasteiger partial charge in [-0.1, -0.05) is 0 Å². The molecule has 0 aromatic heterocycles. The van der Waals surface area contributed by atoms with Gasteiger partial charge in [0.15, 0.2) is 11.5 Å². The van der Waals surface area contributed by atoms with Crippen LogP contribution < -0.4 is 14.8 Å². The van der Waals surface area contributed by atoms with E-state index in [1.807, 2.05) is 17.9 Å². The zero-order valence-electron chi connectivity index (χ0n) is 13.2. The van der Waals surface area contributed by atoms with Crippen LogP contribution in [0, 0.1) is 18.8 Å². The minimum atomic E-state index is 0. The number of amides is 1. The fourth-order valence-corrected chi connectivity index (χ4v) is 3.40. The fraction of sp³-hybridized carbons (Fsp3) is 0.562. The van der Waals surface area contributed by atoms with Crippen LogP contribution in [0.25, 0.3) is 0 Å². The molecule has 22 heavy (non-hydrogen) atoms. The molecular formula is C16H23ClN2O3. The van der Waals surface area contributed by atoms with Crippen LogP contribution in [0.15, 0.2) is 12.1 Å². The fourth-order valence-electron chi connectivity index (χ4n) is 3.40. The van der Waals surface area contributed by atoms with Crippen LogP contribution in [-0.4, -0.2) is 51.2 Å². The molecule has 2 heterocycles. The summed E-state index contributed by atoms with van der Waals surface area (Å²) in [7, 11) is 3.20. The van der Waals surface area contributed by atoms with Crippen LogP contribution in [-0.2, 0) is 0 Å². The van der Waals surface area contributed by atoms with Crippen molar-refractivity contribution in [2.24, 2.45) is 11.8 Å². The Balaban J connectivity index is 0.00000176. The molecule has 5 nitrogen and oxygen atoms in total. The summed E-state index contributed by atoms with van der Waals surface area (Å²) in [5, 5.41) is 3.39. The number of likely N-dealkylation sites (tertiary alicyclic amines) is 1. The van der Waals surface area contributed by atoms with Gasteiger partial charge in [-0.15, -0.1) is 12.4 Å². The zero-order chi connectivity index (χ0) is 15.0. The predicted molar refractivity (Wildman–Crippen MR) is 87.3 cm³/mol. The Kier molecular flexibility index (Phi) is 5.19. The molecule has 1 aromatic carbocycles. The van der Waals surface area contributed by atoms with E-state index in [0.717, 1.165) is 31.7 Å². The minimum Gasteiger partial charge on any atom is -0.493 e. The summed E-state index contributed by atoms with van der Waals surface area (Å²) in [5.74, 6) is 2.58. The largest absolute Gasteiger partial charge is 0.493 e. The highest BCUT2D eigenvalue weighted by Gasteiger charge is 2.38. The molecule has 1 N–H and O–H groups in total. The molecule has 0 saturated carbocycles. The van der Waals surface area contributed by atoms with E-state index in [1.54, 1.807) is 20.3 Å². The van der Waals surface area contributed by atoms with Crippen molar-refractivity contribution in [3.05, 3.63) is 23.3 Å². The first-order valence-electron chi connectivity index (χ1n) is 7.36. The van der Waals surface area contributed by atoms with Crippen LogP contribution >= 0.6 is 12.4 Å². The lowest BCUT2D eigenvalue weighted by Gasteiger charge is -2.20. The summed E-state index contributed by atoms with van der Waals surface area (Å²) in [5.41, 5.74) is 1.63. The Hall–Kier alpha value is -1.46. The molecule has 2 fully saturated rings. The van der Waals surface area contributed by atoms with Gasteiger partial charge in [0.05, 0.1) is 14.2 Å². The first-order valence-corrected chi connectivity index (χ1v) is 7.36. The van der Waals surface area contributed by atoms with Crippen molar-refractivity contribution in [1.82, 2.24) is 10.2 Å². The van der Waals surface area contributed by atoms with Crippen molar-refractivity contribution in [2.45, 2.75) is 6.92 Å². The van der Waals surface area contributed by atoms with Crippen molar-refractivity contribution in [3.63, 3.8) is 0 Å². The summed E-state index contributed by atoms with van der Waals surface area (Å²) in [6.07, 6.45) is 0. The maximum Gasteiger partial charge on any atom is 0.254 e. The normalized spacial score (nSPS) is 23.0. The summed E-state index contributed by atoms with van der Waals surface area (Å²) in [4.78, 5) is 14.8. The Morgan fingerprint density at radius 2 is 1.68 bits per heavy atom. The number of halogens is 1. The van der Waals surface area contributed by atoms with Gasteiger partial charge in [-0.3, -0.25) is 4.79 Å². The van der Waals surface area contributed by atoms with Gasteiger partial charge in [0, 0.05) is 31.7 Å². The number of ether oxygens (including phenoxy) is 2. The molecule has 122 valence electrons. The Labute approximate surface area is 137 Å². The van der Waals surface area contributed by atoms with Gasteiger partial charge in [-0.25, -0.2) is 0 Å². The van der Waals surface area contributed by atoms with E-state index < -0.39 is 0 Å². The first-order chi connectivity index (χ1) is 10.1. The maximum absolute atomic E-state index is 12.8. The third-order valence-corrected chi connectivity index (χ3v) is 4.64. The van der Waals surface area contributed by atoms with E-state index in [4.69, 9.17) is 9.47 Å². The number of carbonyl (C=O) groups excluding carboxylic acids is 1. The van der Waals surface area contributed by atoms with Gasteiger partial charge >= 0.3 is 0 Å². The van der Waals surface area contributed by atoms with Gasteiger partial charge in [0.1, 0.15) is 0 Å². The standard InChI is InChI=1S/C16H22N2O3.ClH/c1-10-4-14(20-2)15(21-3)5-13(10)16(19)18-8-11-6-17-7-12(11)9-18;/h4-5,11-12,17H,6-9H2,1-3H3;1H/t11-,12+;. The lowest BCUT2D eigenvalue weighted by Crippen LogP contribution is -2.32. The Bertz CT molecular complexity index is 553. The smallest absolute Gasteiger partial charge is 0.254 e. The molecule has 0 unspecified atom stereocenters. The molecule has 0 radical (unpaired) electrons.